The van der Waals surface area contributed by atoms with Crippen molar-refractivity contribution in [1.29, 1.82) is 5.26 Å². The first-order valence-electron chi connectivity index (χ1n) is 9.70. The van der Waals surface area contributed by atoms with Crippen molar-refractivity contribution in [1.82, 2.24) is 14.9 Å². The van der Waals surface area contributed by atoms with Crippen LogP contribution in [0.4, 0.5) is 17.3 Å². The summed E-state index contributed by atoms with van der Waals surface area (Å²) in [6.45, 7) is 4.16. The first kappa shape index (κ1) is 17.4. The van der Waals surface area contributed by atoms with E-state index in [-0.39, 0.29) is 0 Å². The predicted molar refractivity (Wildman–Crippen MR) is 114 cm³/mol. The lowest BCUT2D eigenvalue weighted by molar-refractivity contribution is 0.312. The summed E-state index contributed by atoms with van der Waals surface area (Å²) in [4.78, 5) is 14.7. The van der Waals surface area contributed by atoms with Gasteiger partial charge in [-0.15, -0.1) is 11.3 Å². The second kappa shape index (κ2) is 7.04. The minimum absolute atomic E-state index is 0.545. The Bertz CT molecular complexity index is 1040. The fraction of sp³-hybridized carbons (Fsp3) is 0.381. The minimum Gasteiger partial charge on any atom is -0.354 e. The Morgan fingerprint density at radius 1 is 1.14 bits per heavy atom. The Hall–Kier alpha value is -2.69. The largest absolute Gasteiger partial charge is 0.354 e. The first-order valence-corrected chi connectivity index (χ1v) is 10.5. The van der Waals surface area contributed by atoms with Crippen LogP contribution in [0.2, 0.25) is 0 Å². The number of hydrogen-bond acceptors (Lipinski definition) is 7. The van der Waals surface area contributed by atoms with Crippen LogP contribution in [0.25, 0.3) is 10.1 Å². The SMILES string of the molecule is CN1CCN(c2ccc(Nc3cc4c(C5CC5)c(C#N)sc4cn3)cn2)CC1. The molecule has 28 heavy (non-hydrogen) atoms. The predicted octanol–water partition coefficient (Wildman–Crippen LogP) is 3.94. The van der Waals surface area contributed by atoms with Gasteiger partial charge in [-0.2, -0.15) is 5.26 Å². The van der Waals surface area contributed by atoms with E-state index in [0.717, 1.165) is 53.1 Å². The molecular formula is C21H22N6S. The number of nitriles is 1. The van der Waals surface area contributed by atoms with Crippen molar-refractivity contribution in [3.05, 3.63) is 41.0 Å². The summed E-state index contributed by atoms with van der Waals surface area (Å²) in [6.07, 6.45) is 6.11. The Labute approximate surface area is 168 Å². The van der Waals surface area contributed by atoms with Crippen molar-refractivity contribution in [3.63, 3.8) is 0 Å². The van der Waals surface area contributed by atoms with Crippen LogP contribution in [0.15, 0.2) is 30.6 Å². The highest BCUT2D eigenvalue weighted by molar-refractivity contribution is 7.19. The Balaban J connectivity index is 1.36. The quantitative estimate of drug-likeness (QED) is 0.728. The highest BCUT2D eigenvalue weighted by Crippen LogP contribution is 2.48. The molecular weight excluding hydrogens is 368 g/mol. The average Bonchev–Trinajstić information content (AvgIpc) is 3.49. The average molecular weight is 391 g/mol. The molecule has 0 bridgehead atoms. The number of aromatic nitrogens is 2. The number of likely N-dealkylation sites (N-methyl/N-ethyl adjacent to an activating group) is 1. The van der Waals surface area contributed by atoms with Crippen molar-refractivity contribution >= 4 is 38.7 Å². The van der Waals surface area contributed by atoms with E-state index < -0.39 is 0 Å². The van der Waals surface area contributed by atoms with Crippen LogP contribution < -0.4 is 10.2 Å². The standard InChI is InChI=1S/C21H22N6S/c1-26-6-8-27(9-7-26)20-5-4-15(12-24-20)25-19-10-16-18(13-23-19)28-17(11-22)21(16)14-2-3-14/h4-5,10,12-14H,2-3,6-9H2,1H3,(H,23,25). The maximum absolute atomic E-state index is 9.46. The highest BCUT2D eigenvalue weighted by Gasteiger charge is 2.30. The van der Waals surface area contributed by atoms with Gasteiger partial charge in [0.05, 0.1) is 16.6 Å². The highest BCUT2D eigenvalue weighted by atomic mass is 32.1. The Kier molecular flexibility index (Phi) is 4.38. The summed E-state index contributed by atoms with van der Waals surface area (Å²) in [6, 6.07) is 8.57. The summed E-state index contributed by atoms with van der Waals surface area (Å²) in [5.74, 6) is 2.36. The van der Waals surface area contributed by atoms with Crippen LogP contribution in [0.3, 0.4) is 0 Å². The number of hydrogen-bond donors (Lipinski definition) is 1. The van der Waals surface area contributed by atoms with E-state index in [1.807, 2.05) is 12.4 Å². The maximum Gasteiger partial charge on any atom is 0.131 e. The van der Waals surface area contributed by atoms with Crippen molar-refractivity contribution < 1.29 is 0 Å². The van der Waals surface area contributed by atoms with Crippen molar-refractivity contribution in [2.45, 2.75) is 18.8 Å². The second-order valence-corrected chi connectivity index (χ2v) is 8.67. The molecule has 1 saturated heterocycles. The lowest BCUT2D eigenvalue weighted by Gasteiger charge is -2.33. The van der Waals surface area contributed by atoms with Gasteiger partial charge >= 0.3 is 0 Å². The van der Waals surface area contributed by atoms with Crippen LogP contribution in [-0.2, 0) is 0 Å². The van der Waals surface area contributed by atoms with Crippen molar-refractivity contribution in [2.24, 2.45) is 0 Å². The number of piperazine rings is 1. The number of fused-ring (bicyclic) bond motifs is 1. The summed E-state index contributed by atoms with van der Waals surface area (Å²) in [5, 5.41) is 14.0. The van der Waals surface area contributed by atoms with E-state index in [0.29, 0.717) is 5.92 Å². The van der Waals surface area contributed by atoms with Crippen LogP contribution in [0.5, 0.6) is 0 Å². The van der Waals surface area contributed by atoms with E-state index in [1.165, 1.54) is 23.8 Å². The lowest BCUT2D eigenvalue weighted by Crippen LogP contribution is -2.44. The van der Waals surface area contributed by atoms with Crippen LogP contribution >= 0.6 is 11.3 Å². The fourth-order valence-electron chi connectivity index (χ4n) is 3.78. The molecule has 6 nitrogen and oxygen atoms in total. The van der Waals surface area contributed by atoms with Gasteiger partial charge in [0.25, 0.3) is 0 Å². The third-order valence-corrected chi connectivity index (χ3v) is 6.61. The number of nitrogens with one attached hydrogen (secondary N) is 1. The van der Waals surface area contributed by atoms with Crippen molar-refractivity contribution in [3.8, 4) is 6.07 Å². The molecule has 0 amide bonds. The number of rotatable bonds is 4. The Morgan fingerprint density at radius 3 is 2.64 bits per heavy atom. The molecule has 0 spiro atoms. The molecule has 1 aliphatic heterocycles. The lowest BCUT2D eigenvalue weighted by atomic mass is 10.1. The zero-order chi connectivity index (χ0) is 19.1. The maximum atomic E-state index is 9.46. The fourth-order valence-corrected chi connectivity index (χ4v) is 4.82. The van der Waals surface area contributed by atoms with Crippen LogP contribution in [-0.4, -0.2) is 48.1 Å². The number of pyridine rings is 2. The monoisotopic (exact) mass is 390 g/mol. The molecule has 2 aliphatic rings. The normalized spacial score (nSPS) is 17.6. The second-order valence-electron chi connectivity index (χ2n) is 7.62. The number of nitrogens with zero attached hydrogens (tertiary/aromatic N) is 5. The van der Waals surface area contributed by atoms with E-state index in [2.05, 4.69) is 56.4 Å². The van der Waals surface area contributed by atoms with Gasteiger partial charge in [-0.25, -0.2) is 9.97 Å². The summed E-state index contributed by atoms with van der Waals surface area (Å²) < 4.78 is 1.09. The first-order chi connectivity index (χ1) is 13.7. The van der Waals surface area contributed by atoms with Crippen LogP contribution in [0, 0.1) is 11.3 Å². The van der Waals surface area contributed by atoms with Gasteiger partial charge in [-0.3, -0.25) is 0 Å². The topological polar surface area (TPSA) is 68.1 Å². The molecule has 2 fully saturated rings. The molecule has 142 valence electrons. The molecule has 7 heteroatoms. The zero-order valence-electron chi connectivity index (χ0n) is 15.9. The molecule has 5 rings (SSSR count). The third-order valence-electron chi connectivity index (χ3n) is 5.55. The molecule has 0 unspecified atom stereocenters. The van der Waals surface area contributed by atoms with Gasteiger partial charge in [-0.1, -0.05) is 0 Å². The molecule has 0 aromatic carbocycles. The molecule has 0 radical (unpaired) electrons. The van der Waals surface area contributed by atoms with E-state index >= 15 is 0 Å². The van der Waals surface area contributed by atoms with Gasteiger partial charge < -0.3 is 15.1 Å². The van der Waals surface area contributed by atoms with E-state index in [4.69, 9.17) is 0 Å². The molecule has 1 saturated carbocycles. The summed E-state index contributed by atoms with van der Waals surface area (Å²) >= 11 is 1.55. The van der Waals surface area contributed by atoms with Gasteiger partial charge in [0.1, 0.15) is 22.6 Å². The Morgan fingerprint density at radius 2 is 1.96 bits per heavy atom. The van der Waals surface area contributed by atoms with Crippen molar-refractivity contribution in [2.75, 3.05) is 43.4 Å². The molecule has 4 heterocycles. The molecule has 3 aromatic heterocycles. The van der Waals surface area contributed by atoms with Gasteiger partial charge in [0.15, 0.2) is 0 Å². The van der Waals surface area contributed by atoms with Gasteiger partial charge in [0, 0.05) is 37.8 Å². The van der Waals surface area contributed by atoms with Gasteiger partial charge in [-0.05, 0) is 49.6 Å². The van der Waals surface area contributed by atoms with Gasteiger partial charge in [0.2, 0.25) is 0 Å². The minimum atomic E-state index is 0.545. The number of anilines is 3. The summed E-state index contributed by atoms with van der Waals surface area (Å²) in [5.41, 5.74) is 2.14. The summed E-state index contributed by atoms with van der Waals surface area (Å²) in [7, 11) is 2.16. The molecule has 1 aliphatic carbocycles. The third kappa shape index (κ3) is 3.30. The number of thiophene rings is 1. The van der Waals surface area contributed by atoms with E-state index in [1.54, 1.807) is 11.3 Å². The zero-order valence-corrected chi connectivity index (χ0v) is 16.7. The van der Waals surface area contributed by atoms with Crippen LogP contribution in [0.1, 0.15) is 29.2 Å². The molecule has 3 aromatic rings. The molecule has 0 atom stereocenters. The molecule has 1 N–H and O–H groups in total. The van der Waals surface area contributed by atoms with E-state index in [9.17, 15) is 5.26 Å². The smallest absolute Gasteiger partial charge is 0.131 e.